The van der Waals surface area contributed by atoms with E-state index in [4.69, 9.17) is 15.2 Å². The Hall–Kier alpha value is -3.28. The second-order valence-electron chi connectivity index (χ2n) is 5.60. The smallest absolute Gasteiger partial charge is 0.337 e. The Morgan fingerprint density at radius 2 is 1.92 bits per heavy atom. The number of aromatic nitrogens is 1. The lowest BCUT2D eigenvalue weighted by Gasteiger charge is -2.14. The molecule has 0 spiro atoms. The minimum atomic E-state index is -0.422. The zero-order valence-corrected chi connectivity index (χ0v) is 14.0. The van der Waals surface area contributed by atoms with Gasteiger partial charge < -0.3 is 19.8 Å². The highest BCUT2D eigenvalue weighted by Gasteiger charge is 2.12. The first kappa shape index (κ1) is 16.6. The number of fused-ring (bicyclic) bond motifs is 1. The largest absolute Gasteiger partial charge is 0.496 e. The third-order valence-electron chi connectivity index (χ3n) is 4.05. The van der Waals surface area contributed by atoms with Crippen LogP contribution in [0.15, 0.2) is 53.5 Å². The predicted octanol–water partition coefficient (Wildman–Crippen LogP) is 2.43. The van der Waals surface area contributed by atoms with E-state index in [1.165, 1.54) is 13.2 Å². The van der Waals surface area contributed by atoms with E-state index in [0.29, 0.717) is 28.9 Å². The standard InChI is InChI=1S/C19H18N2O4/c1-24-18-9-12(19(23)25-2)3-4-13(18)11-21-8-7-17(22)15-10-14(20)5-6-16(15)21/h3-10H,11,20H2,1-2H3. The molecule has 3 aromatic rings. The first-order valence-electron chi connectivity index (χ1n) is 7.67. The average molecular weight is 338 g/mol. The maximum Gasteiger partial charge on any atom is 0.337 e. The van der Waals surface area contributed by atoms with Crippen LogP contribution in [0.5, 0.6) is 5.75 Å². The Balaban J connectivity index is 2.06. The Morgan fingerprint density at radius 1 is 1.12 bits per heavy atom. The fourth-order valence-electron chi connectivity index (χ4n) is 2.77. The molecule has 2 N–H and O–H groups in total. The predicted molar refractivity (Wildman–Crippen MR) is 96.1 cm³/mol. The molecule has 3 rings (SSSR count). The molecular weight excluding hydrogens is 320 g/mol. The lowest BCUT2D eigenvalue weighted by atomic mass is 10.1. The molecule has 25 heavy (non-hydrogen) atoms. The minimum Gasteiger partial charge on any atom is -0.496 e. The maximum absolute atomic E-state index is 12.1. The summed E-state index contributed by atoms with van der Waals surface area (Å²) in [5.74, 6) is 0.152. The molecule has 0 fully saturated rings. The lowest BCUT2D eigenvalue weighted by Crippen LogP contribution is -2.10. The first-order valence-corrected chi connectivity index (χ1v) is 7.67. The number of methoxy groups -OCH3 is 2. The van der Waals surface area contributed by atoms with Crippen molar-refractivity contribution in [3.8, 4) is 5.75 Å². The molecule has 0 aliphatic rings. The number of carbonyl (C=O) groups is 1. The molecule has 6 heteroatoms. The molecule has 0 radical (unpaired) electrons. The van der Waals surface area contributed by atoms with E-state index in [1.807, 2.05) is 16.7 Å². The van der Waals surface area contributed by atoms with Crippen LogP contribution < -0.4 is 15.9 Å². The summed E-state index contributed by atoms with van der Waals surface area (Å²) >= 11 is 0. The van der Waals surface area contributed by atoms with Gasteiger partial charge in [0.05, 0.1) is 31.8 Å². The van der Waals surface area contributed by atoms with Gasteiger partial charge >= 0.3 is 5.97 Å². The summed E-state index contributed by atoms with van der Waals surface area (Å²) in [5.41, 5.74) is 8.32. The van der Waals surface area contributed by atoms with Crippen molar-refractivity contribution in [2.75, 3.05) is 20.0 Å². The number of hydrogen-bond donors (Lipinski definition) is 1. The number of anilines is 1. The van der Waals surface area contributed by atoms with Crippen molar-refractivity contribution in [3.05, 3.63) is 70.0 Å². The van der Waals surface area contributed by atoms with E-state index >= 15 is 0 Å². The van der Waals surface area contributed by atoms with Crippen molar-refractivity contribution in [2.45, 2.75) is 6.54 Å². The second-order valence-corrected chi connectivity index (χ2v) is 5.60. The normalized spacial score (nSPS) is 10.6. The lowest BCUT2D eigenvalue weighted by molar-refractivity contribution is 0.0600. The number of nitrogen functional groups attached to an aromatic ring is 1. The Kier molecular flexibility index (Phi) is 4.43. The van der Waals surface area contributed by atoms with E-state index in [0.717, 1.165) is 11.1 Å². The number of nitrogens with two attached hydrogens (primary N) is 1. The Labute approximate surface area is 144 Å². The zero-order valence-electron chi connectivity index (χ0n) is 14.0. The summed E-state index contributed by atoms with van der Waals surface area (Å²) in [6.07, 6.45) is 1.73. The molecule has 1 aromatic heterocycles. The highest BCUT2D eigenvalue weighted by Crippen LogP contribution is 2.23. The third kappa shape index (κ3) is 3.19. The van der Waals surface area contributed by atoms with Gasteiger partial charge in [-0.2, -0.15) is 0 Å². The number of carbonyl (C=O) groups excluding carboxylic acids is 1. The number of benzene rings is 2. The number of nitrogens with zero attached hydrogens (tertiary/aromatic N) is 1. The molecular formula is C19H18N2O4. The van der Waals surface area contributed by atoms with Crippen LogP contribution in [0.3, 0.4) is 0 Å². The van der Waals surface area contributed by atoms with Crippen LogP contribution in [0.2, 0.25) is 0 Å². The van der Waals surface area contributed by atoms with Crippen molar-refractivity contribution >= 4 is 22.6 Å². The fraction of sp³-hybridized carbons (Fsp3) is 0.158. The molecule has 0 saturated heterocycles. The van der Waals surface area contributed by atoms with Gasteiger partial charge in [0.25, 0.3) is 0 Å². The fourth-order valence-corrected chi connectivity index (χ4v) is 2.77. The van der Waals surface area contributed by atoms with Crippen LogP contribution >= 0.6 is 0 Å². The molecule has 0 bridgehead atoms. The molecule has 0 aliphatic carbocycles. The van der Waals surface area contributed by atoms with Crippen LogP contribution in [0.1, 0.15) is 15.9 Å². The summed E-state index contributed by atoms with van der Waals surface area (Å²) in [7, 11) is 2.88. The van der Waals surface area contributed by atoms with Crippen molar-refractivity contribution in [3.63, 3.8) is 0 Å². The monoisotopic (exact) mass is 338 g/mol. The molecule has 2 aromatic carbocycles. The van der Waals surface area contributed by atoms with Gasteiger partial charge in [-0.3, -0.25) is 4.79 Å². The van der Waals surface area contributed by atoms with Gasteiger partial charge in [0.15, 0.2) is 5.43 Å². The first-order chi connectivity index (χ1) is 12.0. The quantitative estimate of drug-likeness (QED) is 0.583. The van der Waals surface area contributed by atoms with E-state index in [-0.39, 0.29) is 5.43 Å². The van der Waals surface area contributed by atoms with Crippen molar-refractivity contribution in [1.29, 1.82) is 0 Å². The summed E-state index contributed by atoms with van der Waals surface area (Å²) < 4.78 is 12.1. The number of pyridine rings is 1. The van der Waals surface area contributed by atoms with Gasteiger partial charge in [-0.15, -0.1) is 0 Å². The van der Waals surface area contributed by atoms with E-state index < -0.39 is 5.97 Å². The molecule has 128 valence electrons. The van der Waals surface area contributed by atoms with Gasteiger partial charge in [0.2, 0.25) is 0 Å². The van der Waals surface area contributed by atoms with Gasteiger partial charge in [-0.05, 0) is 30.3 Å². The number of rotatable bonds is 4. The zero-order chi connectivity index (χ0) is 18.0. The summed E-state index contributed by atoms with van der Waals surface area (Å²) in [6.45, 7) is 0.478. The van der Waals surface area contributed by atoms with Crippen molar-refractivity contribution in [1.82, 2.24) is 4.57 Å². The van der Waals surface area contributed by atoms with Crippen LogP contribution in [0, 0.1) is 0 Å². The topological polar surface area (TPSA) is 83.5 Å². The van der Waals surface area contributed by atoms with Crippen LogP contribution in [0.25, 0.3) is 10.9 Å². The van der Waals surface area contributed by atoms with Crippen molar-refractivity contribution in [2.24, 2.45) is 0 Å². The Bertz CT molecular complexity index is 1010. The summed E-state index contributed by atoms with van der Waals surface area (Å²) in [6, 6.07) is 11.9. The van der Waals surface area contributed by atoms with E-state index in [2.05, 4.69) is 0 Å². The van der Waals surface area contributed by atoms with Gasteiger partial charge in [-0.25, -0.2) is 4.79 Å². The van der Waals surface area contributed by atoms with Crippen LogP contribution in [-0.2, 0) is 11.3 Å². The molecule has 0 amide bonds. The molecule has 0 aliphatic heterocycles. The number of esters is 1. The molecule has 1 heterocycles. The van der Waals surface area contributed by atoms with Gasteiger partial charge in [0.1, 0.15) is 5.75 Å². The Morgan fingerprint density at radius 3 is 2.64 bits per heavy atom. The van der Waals surface area contributed by atoms with Gasteiger partial charge in [-0.1, -0.05) is 6.07 Å². The number of ether oxygens (including phenoxy) is 2. The highest BCUT2D eigenvalue weighted by atomic mass is 16.5. The third-order valence-corrected chi connectivity index (χ3v) is 4.05. The number of hydrogen-bond acceptors (Lipinski definition) is 5. The maximum atomic E-state index is 12.1. The minimum absolute atomic E-state index is 0.0773. The van der Waals surface area contributed by atoms with Crippen molar-refractivity contribution < 1.29 is 14.3 Å². The van der Waals surface area contributed by atoms with E-state index in [9.17, 15) is 9.59 Å². The van der Waals surface area contributed by atoms with Crippen LogP contribution in [0.4, 0.5) is 5.69 Å². The molecule has 0 saturated carbocycles. The average Bonchev–Trinajstić information content (AvgIpc) is 2.63. The summed E-state index contributed by atoms with van der Waals surface area (Å²) in [4.78, 5) is 23.7. The van der Waals surface area contributed by atoms with E-state index in [1.54, 1.807) is 37.6 Å². The highest BCUT2D eigenvalue weighted by molar-refractivity contribution is 5.90. The second kappa shape index (κ2) is 6.68. The summed E-state index contributed by atoms with van der Waals surface area (Å²) in [5, 5.41) is 0.563. The SMILES string of the molecule is COC(=O)c1ccc(Cn2ccc(=O)c3cc(N)ccc32)c(OC)c1. The van der Waals surface area contributed by atoms with Gasteiger partial charge in [0, 0.05) is 28.9 Å². The molecule has 6 nitrogen and oxygen atoms in total. The molecule has 0 unspecified atom stereocenters. The van der Waals surface area contributed by atoms with Crippen LogP contribution in [-0.4, -0.2) is 24.8 Å². The molecule has 0 atom stereocenters.